The first kappa shape index (κ1) is 23.4. The Labute approximate surface area is 187 Å². The molecule has 10 nitrogen and oxygen atoms in total. The summed E-state index contributed by atoms with van der Waals surface area (Å²) < 4.78 is 7.81. The van der Waals surface area contributed by atoms with Crippen molar-refractivity contribution in [3.8, 4) is 5.75 Å². The van der Waals surface area contributed by atoms with Gasteiger partial charge in [0.25, 0.3) is 5.56 Å². The summed E-state index contributed by atoms with van der Waals surface area (Å²) in [6.07, 6.45) is 2.21. The first-order valence-corrected chi connectivity index (χ1v) is 10.7. The van der Waals surface area contributed by atoms with Gasteiger partial charge in [0.15, 0.2) is 0 Å². The monoisotopic (exact) mass is 444 g/mol. The van der Waals surface area contributed by atoms with Crippen molar-refractivity contribution in [3.63, 3.8) is 0 Å². The highest BCUT2D eigenvalue weighted by atomic mass is 16.6. The molecule has 1 aromatic carbocycles. The molecular formula is C22H32N6O4. The zero-order chi connectivity index (χ0) is 23.1. The molecule has 0 spiro atoms. The molecule has 0 atom stereocenters. The Hall–Kier alpha value is -3.27. The number of ether oxygens (including phenoxy) is 1. The number of benzene rings is 1. The van der Waals surface area contributed by atoms with Crippen LogP contribution in [0.1, 0.15) is 12.0 Å². The fourth-order valence-electron chi connectivity index (χ4n) is 3.85. The first-order valence-electron chi connectivity index (χ1n) is 10.7. The second-order valence-electron chi connectivity index (χ2n) is 7.70. The Balaban J connectivity index is 1.53. The van der Waals surface area contributed by atoms with Gasteiger partial charge in [0.1, 0.15) is 24.2 Å². The van der Waals surface area contributed by atoms with Crippen LogP contribution in [0.5, 0.6) is 5.75 Å². The molecule has 10 heteroatoms. The minimum absolute atomic E-state index is 0.295. The number of hydrogen-bond acceptors (Lipinski definition) is 8. The van der Waals surface area contributed by atoms with Crippen molar-refractivity contribution in [1.29, 1.82) is 0 Å². The van der Waals surface area contributed by atoms with Crippen LogP contribution in [-0.2, 0) is 18.9 Å². The summed E-state index contributed by atoms with van der Waals surface area (Å²) >= 11 is 0. The van der Waals surface area contributed by atoms with Gasteiger partial charge in [-0.2, -0.15) is 0 Å². The molecule has 0 amide bonds. The van der Waals surface area contributed by atoms with E-state index in [9.17, 15) is 9.59 Å². The van der Waals surface area contributed by atoms with E-state index >= 15 is 0 Å². The molecule has 1 aromatic heterocycles. The molecule has 0 radical (unpaired) electrons. The van der Waals surface area contributed by atoms with Crippen molar-refractivity contribution in [2.24, 2.45) is 19.3 Å². The van der Waals surface area contributed by atoms with Gasteiger partial charge in [-0.05, 0) is 25.1 Å². The second kappa shape index (κ2) is 10.9. The maximum atomic E-state index is 12.5. The standard InChI is InChI=1S/C22H32N6O4/c1-25-20(19(16-24-32-4)21(29)26(2)22(25)30)23-9-6-10-27-11-13-28(14-12-27)17-7-5-8-18(15-17)31-3/h5,7-8,15-16,23H,6,9-14H2,1-4H3. The predicted molar refractivity (Wildman–Crippen MR) is 126 cm³/mol. The third kappa shape index (κ3) is 5.31. The van der Waals surface area contributed by atoms with E-state index in [-0.39, 0.29) is 5.69 Å². The van der Waals surface area contributed by atoms with Crippen LogP contribution in [0, 0.1) is 0 Å². The molecule has 2 heterocycles. The highest BCUT2D eigenvalue weighted by Gasteiger charge is 2.18. The Morgan fingerprint density at radius 2 is 1.84 bits per heavy atom. The molecule has 0 bridgehead atoms. The van der Waals surface area contributed by atoms with Crippen molar-refractivity contribution in [2.75, 3.05) is 63.7 Å². The van der Waals surface area contributed by atoms with E-state index in [2.05, 4.69) is 32.4 Å². The minimum Gasteiger partial charge on any atom is -0.497 e. The molecule has 3 rings (SSSR count). The molecule has 1 fully saturated rings. The van der Waals surface area contributed by atoms with Gasteiger partial charge in [-0.1, -0.05) is 11.2 Å². The number of hydrogen-bond donors (Lipinski definition) is 1. The number of methoxy groups -OCH3 is 1. The molecule has 2 aromatic rings. The molecule has 0 saturated carbocycles. The topological polar surface area (TPSA) is 93.3 Å². The van der Waals surface area contributed by atoms with Gasteiger partial charge in [0.05, 0.1) is 13.3 Å². The highest BCUT2D eigenvalue weighted by Crippen LogP contribution is 2.22. The number of aromatic nitrogens is 2. The molecule has 174 valence electrons. The summed E-state index contributed by atoms with van der Waals surface area (Å²) in [5, 5.41) is 6.94. The summed E-state index contributed by atoms with van der Waals surface area (Å²) in [5.41, 5.74) is 0.677. The minimum atomic E-state index is -0.412. The average molecular weight is 445 g/mol. The van der Waals surface area contributed by atoms with E-state index in [1.807, 2.05) is 12.1 Å². The van der Waals surface area contributed by atoms with Crippen LogP contribution < -0.4 is 26.2 Å². The Morgan fingerprint density at radius 3 is 2.53 bits per heavy atom. The van der Waals surface area contributed by atoms with Crippen LogP contribution >= 0.6 is 0 Å². The largest absolute Gasteiger partial charge is 0.497 e. The summed E-state index contributed by atoms with van der Waals surface area (Å²) in [6, 6.07) is 8.15. The molecule has 1 N–H and O–H groups in total. The van der Waals surface area contributed by atoms with Crippen molar-refractivity contribution < 1.29 is 9.57 Å². The van der Waals surface area contributed by atoms with Crippen LogP contribution in [0.4, 0.5) is 11.5 Å². The number of piperazine rings is 1. The van der Waals surface area contributed by atoms with Crippen LogP contribution in [0.25, 0.3) is 0 Å². The Bertz CT molecular complexity index is 1050. The Morgan fingerprint density at radius 1 is 1.09 bits per heavy atom. The fraction of sp³-hybridized carbons (Fsp3) is 0.500. The fourth-order valence-corrected chi connectivity index (χ4v) is 3.85. The van der Waals surface area contributed by atoms with Gasteiger partial charge in [-0.15, -0.1) is 0 Å². The molecule has 1 aliphatic rings. The summed E-state index contributed by atoms with van der Waals surface area (Å²) in [5.74, 6) is 1.32. The lowest BCUT2D eigenvalue weighted by molar-refractivity contribution is 0.215. The Kier molecular flexibility index (Phi) is 7.93. The maximum Gasteiger partial charge on any atom is 0.332 e. The summed E-state index contributed by atoms with van der Waals surface area (Å²) in [7, 11) is 6.17. The van der Waals surface area contributed by atoms with Crippen LogP contribution in [0.15, 0.2) is 39.0 Å². The van der Waals surface area contributed by atoms with E-state index in [1.54, 1.807) is 14.2 Å². The normalized spacial score (nSPS) is 14.7. The molecule has 0 aliphatic carbocycles. The van der Waals surface area contributed by atoms with E-state index in [4.69, 9.17) is 9.57 Å². The lowest BCUT2D eigenvalue weighted by Crippen LogP contribution is -2.46. The number of rotatable bonds is 9. The predicted octanol–water partition coefficient (Wildman–Crippen LogP) is 0.697. The highest BCUT2D eigenvalue weighted by molar-refractivity contribution is 5.85. The van der Waals surface area contributed by atoms with Gasteiger partial charge >= 0.3 is 5.69 Å². The summed E-state index contributed by atoms with van der Waals surface area (Å²) in [4.78, 5) is 34.3. The van der Waals surface area contributed by atoms with Gasteiger partial charge in [-0.3, -0.25) is 18.8 Å². The van der Waals surface area contributed by atoms with Crippen LogP contribution in [0.3, 0.4) is 0 Å². The second-order valence-corrected chi connectivity index (χ2v) is 7.70. The first-order chi connectivity index (χ1) is 15.5. The third-order valence-corrected chi connectivity index (χ3v) is 5.72. The zero-order valence-corrected chi connectivity index (χ0v) is 19.2. The van der Waals surface area contributed by atoms with E-state index in [0.717, 1.165) is 49.5 Å². The van der Waals surface area contributed by atoms with E-state index in [1.165, 1.54) is 30.6 Å². The van der Waals surface area contributed by atoms with E-state index < -0.39 is 5.56 Å². The quantitative estimate of drug-likeness (QED) is 0.346. The number of anilines is 2. The van der Waals surface area contributed by atoms with Crippen molar-refractivity contribution in [1.82, 2.24) is 14.0 Å². The van der Waals surface area contributed by atoms with Crippen molar-refractivity contribution in [3.05, 3.63) is 50.7 Å². The van der Waals surface area contributed by atoms with Crippen LogP contribution in [-0.4, -0.2) is 73.7 Å². The lowest BCUT2D eigenvalue weighted by Gasteiger charge is -2.36. The van der Waals surface area contributed by atoms with Crippen molar-refractivity contribution >= 4 is 17.7 Å². The number of oxime groups is 1. The van der Waals surface area contributed by atoms with E-state index in [0.29, 0.717) is 17.9 Å². The van der Waals surface area contributed by atoms with Gasteiger partial charge in [0, 0.05) is 58.6 Å². The van der Waals surface area contributed by atoms with Gasteiger partial charge in [-0.25, -0.2) is 4.79 Å². The number of nitrogens with one attached hydrogen (secondary N) is 1. The number of nitrogens with zero attached hydrogens (tertiary/aromatic N) is 5. The smallest absolute Gasteiger partial charge is 0.332 e. The lowest BCUT2D eigenvalue weighted by atomic mass is 10.2. The molecular weight excluding hydrogens is 412 g/mol. The van der Waals surface area contributed by atoms with Crippen molar-refractivity contribution in [2.45, 2.75) is 6.42 Å². The van der Waals surface area contributed by atoms with Gasteiger partial charge in [0.2, 0.25) is 0 Å². The molecule has 1 saturated heterocycles. The SMILES string of the molecule is CON=Cc1c(NCCCN2CCN(c3cccc(OC)c3)CC2)n(C)c(=O)n(C)c1=O. The van der Waals surface area contributed by atoms with Crippen LogP contribution in [0.2, 0.25) is 0 Å². The average Bonchev–Trinajstić information content (AvgIpc) is 2.83. The summed E-state index contributed by atoms with van der Waals surface area (Å²) in [6.45, 7) is 5.44. The van der Waals surface area contributed by atoms with Gasteiger partial charge < -0.3 is 19.8 Å². The zero-order valence-electron chi connectivity index (χ0n) is 19.2. The molecule has 32 heavy (non-hydrogen) atoms. The molecule has 1 aliphatic heterocycles. The maximum absolute atomic E-state index is 12.5. The molecule has 0 unspecified atom stereocenters. The third-order valence-electron chi connectivity index (χ3n) is 5.72.